The van der Waals surface area contributed by atoms with Gasteiger partial charge in [0.25, 0.3) is 0 Å². The van der Waals surface area contributed by atoms with Crippen molar-refractivity contribution in [2.75, 3.05) is 18.5 Å². The number of nitrogens with zero attached hydrogens (tertiary/aromatic N) is 3. The molecular weight excluding hydrogens is 392 g/mol. The number of anilines is 1. The Morgan fingerprint density at radius 1 is 1.21 bits per heavy atom. The van der Waals surface area contributed by atoms with Gasteiger partial charge in [-0.15, -0.1) is 0 Å². The molecule has 1 N–H and O–H groups in total. The maximum atomic E-state index is 12.4. The summed E-state index contributed by atoms with van der Waals surface area (Å²) in [6.45, 7) is 4.46. The van der Waals surface area contributed by atoms with Crippen molar-refractivity contribution in [1.82, 2.24) is 9.29 Å². The summed E-state index contributed by atoms with van der Waals surface area (Å²) >= 11 is 3.44. The highest BCUT2D eigenvalue weighted by Crippen LogP contribution is 2.16. The Bertz CT molecular complexity index is 803. The fourth-order valence-corrected chi connectivity index (χ4v) is 3.85. The van der Waals surface area contributed by atoms with Crippen LogP contribution < -0.4 is 5.43 Å². The lowest BCUT2D eigenvalue weighted by Gasteiger charge is -2.18. The molecule has 0 spiro atoms. The number of benzene rings is 1. The Hall–Kier alpha value is -1.77. The van der Waals surface area contributed by atoms with Crippen LogP contribution in [-0.4, -0.2) is 37.0 Å². The van der Waals surface area contributed by atoms with Crippen LogP contribution in [0, 0.1) is 0 Å². The van der Waals surface area contributed by atoms with Crippen LogP contribution in [0.1, 0.15) is 19.4 Å². The normalized spacial score (nSPS) is 12.0. The summed E-state index contributed by atoms with van der Waals surface area (Å²) < 4.78 is 27.1. The topological polar surface area (TPSA) is 74.7 Å². The molecule has 0 radical (unpaired) electrons. The third-order valence-electron chi connectivity index (χ3n) is 3.37. The summed E-state index contributed by atoms with van der Waals surface area (Å²) in [5, 5.41) is 4.10. The summed E-state index contributed by atoms with van der Waals surface area (Å²) in [5.41, 5.74) is 3.71. The predicted molar refractivity (Wildman–Crippen MR) is 99.7 cm³/mol. The Kier molecular flexibility index (Phi) is 6.47. The maximum Gasteiger partial charge on any atom is 0.244 e. The number of hydrogen-bond acceptors (Lipinski definition) is 5. The fourth-order valence-electron chi connectivity index (χ4n) is 2.06. The quantitative estimate of drug-likeness (QED) is 0.560. The van der Waals surface area contributed by atoms with Crippen molar-refractivity contribution in [3.63, 3.8) is 0 Å². The number of hydrazone groups is 1. The molecule has 0 bridgehead atoms. The van der Waals surface area contributed by atoms with Crippen LogP contribution in [0.15, 0.2) is 57.1 Å². The van der Waals surface area contributed by atoms with E-state index in [2.05, 4.69) is 31.4 Å². The third-order valence-corrected chi connectivity index (χ3v) is 6.12. The molecule has 0 aliphatic heterocycles. The van der Waals surface area contributed by atoms with Gasteiger partial charge in [-0.2, -0.15) is 9.41 Å². The molecule has 0 aliphatic rings. The molecule has 0 saturated carbocycles. The lowest BCUT2D eigenvalue weighted by atomic mass is 10.2. The van der Waals surface area contributed by atoms with Gasteiger partial charge in [-0.1, -0.05) is 48.0 Å². The molecule has 0 aliphatic carbocycles. The standard InChI is InChI=1S/C16H19BrN4O2S/c1-3-21(4-2)24(22,23)14-9-10-16(18-12-14)20-19-11-13-7-5-6-8-15(13)17/h5-12H,3-4H2,1-2H3,(H,18,20)/b19-11+. The SMILES string of the molecule is CCN(CC)S(=O)(=O)c1ccc(N/N=C/c2ccccc2Br)nc1. The Morgan fingerprint density at radius 3 is 2.50 bits per heavy atom. The monoisotopic (exact) mass is 410 g/mol. The molecule has 0 fully saturated rings. The smallest absolute Gasteiger partial charge is 0.244 e. The minimum Gasteiger partial charge on any atom is -0.261 e. The molecule has 0 amide bonds. The fraction of sp³-hybridized carbons (Fsp3) is 0.250. The zero-order chi connectivity index (χ0) is 17.6. The van der Waals surface area contributed by atoms with Gasteiger partial charge in [0, 0.05) is 29.3 Å². The number of sulfonamides is 1. The second-order valence-corrected chi connectivity index (χ2v) is 7.65. The van der Waals surface area contributed by atoms with Crippen LogP contribution in [0.2, 0.25) is 0 Å². The van der Waals surface area contributed by atoms with Crippen LogP contribution >= 0.6 is 15.9 Å². The molecular formula is C16H19BrN4O2S. The highest BCUT2D eigenvalue weighted by molar-refractivity contribution is 9.10. The van der Waals surface area contributed by atoms with Crippen LogP contribution in [0.3, 0.4) is 0 Å². The average molecular weight is 411 g/mol. The number of rotatable bonds is 7. The zero-order valence-electron chi connectivity index (χ0n) is 13.5. The van der Waals surface area contributed by atoms with Crippen molar-refractivity contribution < 1.29 is 8.42 Å². The molecule has 2 rings (SSSR count). The molecule has 1 heterocycles. The van der Waals surface area contributed by atoms with Gasteiger partial charge in [-0.3, -0.25) is 5.43 Å². The van der Waals surface area contributed by atoms with Crippen LogP contribution in [0.25, 0.3) is 0 Å². The molecule has 8 heteroatoms. The molecule has 0 saturated heterocycles. The molecule has 1 aromatic carbocycles. The van der Waals surface area contributed by atoms with Gasteiger partial charge in [0.05, 0.1) is 6.21 Å². The van der Waals surface area contributed by atoms with Crippen LogP contribution in [-0.2, 0) is 10.0 Å². The van der Waals surface area contributed by atoms with Crippen molar-refractivity contribution in [3.05, 3.63) is 52.6 Å². The molecule has 0 unspecified atom stereocenters. The maximum absolute atomic E-state index is 12.4. The lowest BCUT2D eigenvalue weighted by molar-refractivity contribution is 0.445. The van der Waals surface area contributed by atoms with Gasteiger partial charge >= 0.3 is 0 Å². The molecule has 0 atom stereocenters. The summed E-state index contributed by atoms with van der Waals surface area (Å²) in [6.07, 6.45) is 3.00. The van der Waals surface area contributed by atoms with Gasteiger partial charge in [0.15, 0.2) is 0 Å². The second kappa shape index (κ2) is 8.36. The van der Waals surface area contributed by atoms with Crippen molar-refractivity contribution >= 4 is 38.0 Å². The van der Waals surface area contributed by atoms with E-state index in [0.29, 0.717) is 18.9 Å². The van der Waals surface area contributed by atoms with E-state index in [9.17, 15) is 8.42 Å². The van der Waals surface area contributed by atoms with E-state index in [4.69, 9.17) is 0 Å². The van der Waals surface area contributed by atoms with E-state index in [0.717, 1.165) is 10.0 Å². The van der Waals surface area contributed by atoms with E-state index in [-0.39, 0.29) is 4.90 Å². The first kappa shape index (κ1) is 18.6. The first-order valence-electron chi connectivity index (χ1n) is 7.48. The largest absolute Gasteiger partial charge is 0.261 e. The Labute approximate surface area is 150 Å². The molecule has 24 heavy (non-hydrogen) atoms. The molecule has 128 valence electrons. The van der Waals surface area contributed by atoms with E-state index >= 15 is 0 Å². The van der Waals surface area contributed by atoms with Crippen molar-refractivity contribution in [2.45, 2.75) is 18.7 Å². The summed E-state index contributed by atoms with van der Waals surface area (Å²) in [6, 6.07) is 10.8. The molecule has 2 aromatic rings. The van der Waals surface area contributed by atoms with Crippen LogP contribution in [0.5, 0.6) is 0 Å². The minimum absolute atomic E-state index is 0.173. The van der Waals surface area contributed by atoms with Gasteiger partial charge in [-0.25, -0.2) is 13.4 Å². The number of hydrogen-bond donors (Lipinski definition) is 1. The number of aromatic nitrogens is 1. The number of nitrogens with one attached hydrogen (secondary N) is 1. The number of pyridine rings is 1. The highest BCUT2D eigenvalue weighted by atomic mass is 79.9. The van der Waals surface area contributed by atoms with Crippen LogP contribution in [0.4, 0.5) is 5.82 Å². The third kappa shape index (κ3) is 4.40. The first-order chi connectivity index (χ1) is 11.5. The zero-order valence-corrected chi connectivity index (χ0v) is 15.9. The predicted octanol–water partition coefficient (Wildman–Crippen LogP) is 3.32. The first-order valence-corrected chi connectivity index (χ1v) is 9.72. The van der Waals surface area contributed by atoms with Gasteiger partial charge in [0.1, 0.15) is 10.7 Å². The Balaban J connectivity index is 2.09. The second-order valence-electron chi connectivity index (χ2n) is 4.86. The van der Waals surface area contributed by atoms with Crippen molar-refractivity contribution in [1.29, 1.82) is 0 Å². The van der Waals surface area contributed by atoms with Crippen molar-refractivity contribution in [3.8, 4) is 0 Å². The summed E-state index contributed by atoms with van der Waals surface area (Å²) in [4.78, 5) is 4.28. The van der Waals surface area contributed by atoms with Crippen molar-refractivity contribution in [2.24, 2.45) is 5.10 Å². The van der Waals surface area contributed by atoms with E-state index < -0.39 is 10.0 Å². The summed E-state index contributed by atoms with van der Waals surface area (Å²) in [7, 11) is -3.49. The highest BCUT2D eigenvalue weighted by Gasteiger charge is 2.21. The Morgan fingerprint density at radius 2 is 1.92 bits per heavy atom. The number of halogens is 1. The molecule has 1 aromatic heterocycles. The van der Waals surface area contributed by atoms with E-state index in [1.165, 1.54) is 16.6 Å². The summed E-state index contributed by atoms with van der Waals surface area (Å²) in [5.74, 6) is 0.469. The van der Waals surface area contributed by atoms with Gasteiger partial charge in [-0.05, 0) is 18.2 Å². The van der Waals surface area contributed by atoms with E-state index in [1.54, 1.807) is 26.1 Å². The van der Waals surface area contributed by atoms with Gasteiger partial charge in [0.2, 0.25) is 10.0 Å². The van der Waals surface area contributed by atoms with Gasteiger partial charge < -0.3 is 0 Å². The van der Waals surface area contributed by atoms with E-state index in [1.807, 2.05) is 24.3 Å². The minimum atomic E-state index is -3.49. The average Bonchev–Trinajstić information content (AvgIpc) is 2.58. The molecule has 6 nitrogen and oxygen atoms in total. The lowest BCUT2D eigenvalue weighted by Crippen LogP contribution is -2.30.